The molecule has 1 saturated carbocycles. The number of hydrogen-bond donors (Lipinski definition) is 2. The van der Waals surface area contributed by atoms with E-state index >= 15 is 0 Å². The Morgan fingerprint density at radius 3 is 2.05 bits per heavy atom. The highest BCUT2D eigenvalue weighted by atomic mass is 35.5. The Hall–Kier alpha value is -3.55. The van der Waals surface area contributed by atoms with Crippen molar-refractivity contribution in [1.82, 2.24) is 5.32 Å². The van der Waals surface area contributed by atoms with Crippen molar-refractivity contribution in [1.29, 1.82) is 0 Å². The Labute approximate surface area is 250 Å². The number of anilines is 1. The second-order valence-corrected chi connectivity index (χ2v) is 11.2. The number of ether oxygens (including phenoxy) is 2. The standard InChI is InChI=1S/C32H34Cl2N2O5/c1-40-24-15-11-22(12-16-24)20-32(17-4-3-5-18-32)31(39)36-27(30(38)41-2)19-21-9-13-23(14-10-21)35-29(37)28-25(33)7-6-8-26(28)34/h6-16,27H,3-5,17-20H2,1-2H3,(H,35,37)(H,36,39)/t27-/m0/s1. The molecule has 1 aliphatic carbocycles. The lowest BCUT2D eigenvalue weighted by molar-refractivity contribution is -0.147. The quantitative estimate of drug-likeness (QED) is 0.256. The average Bonchev–Trinajstić information content (AvgIpc) is 2.98. The molecule has 4 rings (SSSR count). The highest BCUT2D eigenvalue weighted by Crippen LogP contribution is 2.40. The third kappa shape index (κ3) is 7.60. The molecule has 2 amide bonds. The molecule has 1 atom stereocenters. The minimum absolute atomic E-state index is 0.135. The van der Waals surface area contributed by atoms with Crippen molar-refractivity contribution in [3.8, 4) is 5.75 Å². The lowest BCUT2D eigenvalue weighted by Gasteiger charge is -2.37. The summed E-state index contributed by atoms with van der Waals surface area (Å²) in [7, 11) is 2.94. The summed E-state index contributed by atoms with van der Waals surface area (Å²) >= 11 is 12.3. The maximum Gasteiger partial charge on any atom is 0.328 e. The molecule has 0 aliphatic heterocycles. The summed E-state index contributed by atoms with van der Waals surface area (Å²) in [5, 5.41) is 6.31. The minimum atomic E-state index is -0.857. The largest absolute Gasteiger partial charge is 0.497 e. The summed E-state index contributed by atoms with van der Waals surface area (Å²) in [6.45, 7) is 0. The topological polar surface area (TPSA) is 93.7 Å². The van der Waals surface area contributed by atoms with Crippen molar-refractivity contribution in [3.63, 3.8) is 0 Å². The van der Waals surface area contributed by atoms with Gasteiger partial charge in [-0.2, -0.15) is 0 Å². The van der Waals surface area contributed by atoms with Crippen LogP contribution in [0.15, 0.2) is 66.7 Å². The third-order valence-electron chi connectivity index (χ3n) is 7.63. The van der Waals surface area contributed by atoms with Gasteiger partial charge in [0.05, 0.1) is 35.2 Å². The van der Waals surface area contributed by atoms with Gasteiger partial charge in [-0.15, -0.1) is 0 Å². The minimum Gasteiger partial charge on any atom is -0.497 e. The van der Waals surface area contributed by atoms with Gasteiger partial charge in [-0.25, -0.2) is 4.79 Å². The van der Waals surface area contributed by atoms with Crippen molar-refractivity contribution in [2.24, 2.45) is 5.41 Å². The first-order valence-corrected chi connectivity index (χ1v) is 14.4. The van der Waals surface area contributed by atoms with Crippen LogP contribution in [0, 0.1) is 5.41 Å². The number of methoxy groups -OCH3 is 2. The van der Waals surface area contributed by atoms with Crippen LogP contribution in [0.1, 0.15) is 53.6 Å². The molecule has 9 heteroatoms. The van der Waals surface area contributed by atoms with Crippen molar-refractivity contribution in [2.45, 2.75) is 51.0 Å². The molecule has 0 heterocycles. The average molecular weight is 598 g/mol. The summed E-state index contributed by atoms with van der Waals surface area (Å²) < 4.78 is 10.3. The summed E-state index contributed by atoms with van der Waals surface area (Å²) in [4.78, 5) is 39.3. The smallest absolute Gasteiger partial charge is 0.328 e. The molecule has 7 nitrogen and oxygen atoms in total. The van der Waals surface area contributed by atoms with Gasteiger partial charge in [0.15, 0.2) is 0 Å². The molecule has 0 unspecified atom stereocenters. The molecule has 0 aromatic heterocycles. The van der Waals surface area contributed by atoms with E-state index in [1.807, 2.05) is 24.3 Å². The zero-order valence-corrected chi connectivity index (χ0v) is 24.7. The van der Waals surface area contributed by atoms with Crippen LogP contribution in [-0.4, -0.2) is 38.0 Å². The van der Waals surface area contributed by atoms with Gasteiger partial charge in [0.25, 0.3) is 5.91 Å². The number of rotatable bonds is 10. The lowest BCUT2D eigenvalue weighted by atomic mass is 9.69. The Balaban J connectivity index is 1.46. The maximum absolute atomic E-state index is 13.8. The van der Waals surface area contributed by atoms with Gasteiger partial charge in [0.2, 0.25) is 5.91 Å². The number of carbonyl (C=O) groups excluding carboxylic acids is 3. The SMILES string of the molecule is COC(=O)[C@H](Cc1ccc(NC(=O)c2c(Cl)cccc2Cl)cc1)NC(=O)C1(Cc2ccc(OC)cc2)CCCCC1. The summed E-state index contributed by atoms with van der Waals surface area (Å²) in [6, 6.07) is 18.8. The number of amides is 2. The monoisotopic (exact) mass is 596 g/mol. The fraction of sp³-hybridized carbons (Fsp3) is 0.344. The number of carbonyl (C=O) groups is 3. The normalized spacial score (nSPS) is 14.9. The first-order chi connectivity index (χ1) is 19.7. The highest BCUT2D eigenvalue weighted by molar-refractivity contribution is 6.40. The molecule has 0 radical (unpaired) electrons. The second kappa shape index (κ2) is 13.9. The molecule has 41 heavy (non-hydrogen) atoms. The molecule has 0 spiro atoms. The molecular weight excluding hydrogens is 563 g/mol. The zero-order chi connectivity index (χ0) is 29.4. The highest BCUT2D eigenvalue weighted by Gasteiger charge is 2.41. The van der Waals surface area contributed by atoms with Gasteiger partial charge < -0.3 is 20.1 Å². The Bertz CT molecular complexity index is 1350. The molecule has 0 saturated heterocycles. The fourth-order valence-electron chi connectivity index (χ4n) is 5.36. The molecule has 0 bridgehead atoms. The Morgan fingerprint density at radius 2 is 1.46 bits per heavy atom. The lowest BCUT2D eigenvalue weighted by Crippen LogP contribution is -2.51. The maximum atomic E-state index is 13.8. The molecule has 3 aromatic carbocycles. The van der Waals surface area contributed by atoms with Crippen LogP contribution in [0.2, 0.25) is 10.0 Å². The van der Waals surface area contributed by atoms with Crippen LogP contribution < -0.4 is 15.4 Å². The van der Waals surface area contributed by atoms with Gasteiger partial charge in [-0.1, -0.05) is 72.8 Å². The van der Waals surface area contributed by atoms with E-state index in [2.05, 4.69) is 10.6 Å². The Morgan fingerprint density at radius 1 is 0.854 bits per heavy atom. The number of halogens is 2. The summed E-state index contributed by atoms with van der Waals surface area (Å²) in [5.74, 6) is -0.314. The number of esters is 1. The van der Waals surface area contributed by atoms with Crippen LogP contribution in [0.4, 0.5) is 5.69 Å². The van der Waals surface area contributed by atoms with E-state index in [0.717, 1.165) is 49.0 Å². The molecule has 2 N–H and O–H groups in total. The van der Waals surface area contributed by atoms with Crippen molar-refractivity contribution >= 4 is 46.7 Å². The van der Waals surface area contributed by atoms with Crippen LogP contribution in [0.5, 0.6) is 5.75 Å². The van der Waals surface area contributed by atoms with E-state index < -0.39 is 23.3 Å². The predicted octanol–water partition coefficient (Wildman–Crippen LogP) is 6.65. The molecular formula is C32H34Cl2N2O5. The van der Waals surface area contributed by atoms with Crippen LogP contribution in [0.3, 0.4) is 0 Å². The second-order valence-electron chi connectivity index (χ2n) is 10.4. The van der Waals surface area contributed by atoms with Crippen molar-refractivity contribution < 1.29 is 23.9 Å². The molecule has 1 fully saturated rings. The molecule has 3 aromatic rings. The number of nitrogens with one attached hydrogen (secondary N) is 2. The van der Waals surface area contributed by atoms with E-state index in [-0.39, 0.29) is 27.9 Å². The van der Waals surface area contributed by atoms with E-state index in [9.17, 15) is 14.4 Å². The van der Waals surface area contributed by atoms with Gasteiger partial charge in [-0.05, 0) is 66.8 Å². The first-order valence-electron chi connectivity index (χ1n) is 13.6. The van der Waals surface area contributed by atoms with E-state index in [0.29, 0.717) is 12.1 Å². The van der Waals surface area contributed by atoms with E-state index in [1.54, 1.807) is 49.6 Å². The van der Waals surface area contributed by atoms with Crippen molar-refractivity contribution in [2.75, 3.05) is 19.5 Å². The molecule has 1 aliphatic rings. The van der Waals surface area contributed by atoms with Gasteiger partial charge >= 0.3 is 5.97 Å². The Kier molecular flexibility index (Phi) is 10.3. The van der Waals surface area contributed by atoms with Crippen LogP contribution in [0.25, 0.3) is 0 Å². The first kappa shape index (κ1) is 30.4. The number of hydrogen-bond acceptors (Lipinski definition) is 5. The number of benzene rings is 3. The zero-order valence-electron chi connectivity index (χ0n) is 23.2. The van der Waals surface area contributed by atoms with E-state index in [4.69, 9.17) is 32.7 Å². The predicted molar refractivity (Wildman–Crippen MR) is 161 cm³/mol. The van der Waals surface area contributed by atoms with Crippen LogP contribution in [-0.2, 0) is 27.2 Å². The van der Waals surface area contributed by atoms with Gasteiger partial charge in [-0.3, -0.25) is 9.59 Å². The van der Waals surface area contributed by atoms with Crippen LogP contribution >= 0.6 is 23.2 Å². The third-order valence-corrected chi connectivity index (χ3v) is 8.26. The fourth-order valence-corrected chi connectivity index (χ4v) is 5.93. The van der Waals surface area contributed by atoms with Gasteiger partial charge in [0, 0.05) is 12.1 Å². The molecule has 216 valence electrons. The van der Waals surface area contributed by atoms with Gasteiger partial charge in [0.1, 0.15) is 11.8 Å². The van der Waals surface area contributed by atoms with E-state index in [1.165, 1.54) is 7.11 Å². The summed E-state index contributed by atoms with van der Waals surface area (Å²) in [6.07, 6.45) is 5.33. The summed E-state index contributed by atoms with van der Waals surface area (Å²) in [5.41, 5.74) is 1.97. The van der Waals surface area contributed by atoms with Crippen molar-refractivity contribution in [3.05, 3.63) is 93.5 Å².